The number of Topliss-reactive ketones (excluding diaryl/α,β-unsaturated/α-hetero) is 1. The summed E-state index contributed by atoms with van der Waals surface area (Å²) >= 11 is 0. The van der Waals surface area contributed by atoms with Gasteiger partial charge in [0.05, 0.1) is 0 Å². The summed E-state index contributed by atoms with van der Waals surface area (Å²) in [5.41, 5.74) is 0.683. The van der Waals surface area contributed by atoms with Gasteiger partial charge < -0.3 is 9.47 Å². The standard InChI is InChI=1S/C14H18O3/c1-3-4-5-9-14(15)12-7-6-8-13(10-12)17-11-16-2/h3,6-8,10H,1,4-5,9,11H2,2H3. The van der Waals surface area contributed by atoms with E-state index in [0.29, 0.717) is 17.7 Å². The number of benzene rings is 1. The fourth-order valence-electron chi connectivity index (χ4n) is 1.44. The highest BCUT2D eigenvalue weighted by atomic mass is 16.7. The van der Waals surface area contributed by atoms with Crippen LogP contribution in [0.3, 0.4) is 0 Å². The molecule has 0 N–H and O–H groups in total. The Kier molecular flexibility index (Phi) is 6.04. The van der Waals surface area contributed by atoms with Gasteiger partial charge in [-0.1, -0.05) is 18.2 Å². The van der Waals surface area contributed by atoms with Gasteiger partial charge in [0.1, 0.15) is 5.75 Å². The highest BCUT2D eigenvalue weighted by molar-refractivity contribution is 5.96. The highest BCUT2D eigenvalue weighted by Gasteiger charge is 2.06. The fraction of sp³-hybridized carbons (Fsp3) is 0.357. The number of allylic oxidation sites excluding steroid dienone is 1. The number of rotatable bonds is 8. The summed E-state index contributed by atoms with van der Waals surface area (Å²) in [7, 11) is 1.56. The van der Waals surface area contributed by atoms with Crippen molar-refractivity contribution in [3.63, 3.8) is 0 Å². The summed E-state index contributed by atoms with van der Waals surface area (Å²) in [6.07, 6.45) is 4.07. The lowest BCUT2D eigenvalue weighted by molar-refractivity contribution is 0.0510. The molecule has 0 aliphatic carbocycles. The van der Waals surface area contributed by atoms with Crippen molar-refractivity contribution in [1.29, 1.82) is 0 Å². The number of hydrogen-bond acceptors (Lipinski definition) is 3. The second-order valence-corrected chi connectivity index (χ2v) is 3.68. The van der Waals surface area contributed by atoms with Crippen LogP contribution in [0.25, 0.3) is 0 Å². The van der Waals surface area contributed by atoms with E-state index in [2.05, 4.69) is 6.58 Å². The molecule has 0 saturated heterocycles. The Balaban J connectivity index is 2.57. The first-order chi connectivity index (χ1) is 8.27. The van der Waals surface area contributed by atoms with Gasteiger partial charge in [0, 0.05) is 19.1 Å². The smallest absolute Gasteiger partial charge is 0.188 e. The number of hydrogen-bond donors (Lipinski definition) is 0. The van der Waals surface area contributed by atoms with Crippen LogP contribution in [0.5, 0.6) is 5.75 Å². The van der Waals surface area contributed by atoms with Gasteiger partial charge in [0.2, 0.25) is 0 Å². The molecule has 0 heterocycles. The molecule has 0 atom stereocenters. The monoisotopic (exact) mass is 234 g/mol. The predicted octanol–water partition coefficient (Wildman–Crippen LogP) is 3.21. The molecule has 0 aliphatic rings. The van der Waals surface area contributed by atoms with E-state index < -0.39 is 0 Å². The number of methoxy groups -OCH3 is 1. The van der Waals surface area contributed by atoms with Crippen molar-refractivity contribution >= 4 is 5.78 Å². The molecule has 3 heteroatoms. The van der Waals surface area contributed by atoms with Crippen LogP contribution in [0.1, 0.15) is 29.6 Å². The third kappa shape index (κ3) is 4.83. The molecular weight excluding hydrogens is 216 g/mol. The topological polar surface area (TPSA) is 35.5 Å². The van der Waals surface area contributed by atoms with Gasteiger partial charge in [0.25, 0.3) is 0 Å². The van der Waals surface area contributed by atoms with Crippen LogP contribution in [-0.2, 0) is 4.74 Å². The van der Waals surface area contributed by atoms with Crippen LogP contribution in [0, 0.1) is 0 Å². The lowest BCUT2D eigenvalue weighted by Gasteiger charge is -2.06. The molecule has 0 amide bonds. The molecule has 1 aromatic rings. The second kappa shape index (κ2) is 7.63. The molecule has 0 unspecified atom stereocenters. The number of carbonyl (C=O) groups excluding carboxylic acids is 1. The summed E-state index contributed by atoms with van der Waals surface area (Å²) in [5.74, 6) is 0.788. The first kappa shape index (κ1) is 13.5. The Hall–Kier alpha value is -1.61. The molecule has 0 bridgehead atoms. The summed E-state index contributed by atoms with van der Waals surface area (Å²) in [4.78, 5) is 11.8. The molecule has 0 radical (unpaired) electrons. The van der Waals surface area contributed by atoms with Crippen molar-refractivity contribution in [3.05, 3.63) is 42.5 Å². The van der Waals surface area contributed by atoms with Crippen molar-refractivity contribution < 1.29 is 14.3 Å². The largest absolute Gasteiger partial charge is 0.468 e. The van der Waals surface area contributed by atoms with E-state index >= 15 is 0 Å². The number of carbonyl (C=O) groups is 1. The molecule has 0 aromatic heterocycles. The van der Waals surface area contributed by atoms with E-state index in [4.69, 9.17) is 9.47 Å². The van der Waals surface area contributed by atoms with Crippen molar-refractivity contribution in [1.82, 2.24) is 0 Å². The Morgan fingerprint density at radius 3 is 3.00 bits per heavy atom. The average molecular weight is 234 g/mol. The zero-order valence-corrected chi connectivity index (χ0v) is 10.1. The predicted molar refractivity (Wildman–Crippen MR) is 67.3 cm³/mol. The quantitative estimate of drug-likeness (QED) is 0.300. The summed E-state index contributed by atoms with van der Waals surface area (Å²) in [5, 5.41) is 0. The molecular formula is C14H18O3. The van der Waals surface area contributed by atoms with Crippen molar-refractivity contribution in [2.45, 2.75) is 19.3 Å². The zero-order valence-electron chi connectivity index (χ0n) is 10.1. The molecule has 17 heavy (non-hydrogen) atoms. The Morgan fingerprint density at radius 1 is 1.47 bits per heavy atom. The highest BCUT2D eigenvalue weighted by Crippen LogP contribution is 2.15. The summed E-state index contributed by atoms with van der Waals surface area (Å²) in [6, 6.07) is 7.16. The van der Waals surface area contributed by atoms with E-state index in [9.17, 15) is 4.79 Å². The van der Waals surface area contributed by atoms with Crippen LogP contribution in [0.2, 0.25) is 0 Å². The third-order valence-electron chi connectivity index (χ3n) is 2.31. The molecule has 1 aromatic carbocycles. The SMILES string of the molecule is C=CCCCC(=O)c1cccc(OCOC)c1. The Labute approximate surface area is 102 Å². The molecule has 0 fully saturated rings. The molecule has 0 spiro atoms. The van der Waals surface area contributed by atoms with Gasteiger partial charge in [0.15, 0.2) is 12.6 Å². The lowest BCUT2D eigenvalue weighted by atomic mass is 10.1. The van der Waals surface area contributed by atoms with E-state index in [-0.39, 0.29) is 12.6 Å². The van der Waals surface area contributed by atoms with Gasteiger partial charge >= 0.3 is 0 Å². The van der Waals surface area contributed by atoms with Gasteiger partial charge in [-0.2, -0.15) is 0 Å². The fourth-order valence-corrected chi connectivity index (χ4v) is 1.44. The van der Waals surface area contributed by atoms with Crippen molar-refractivity contribution in [2.75, 3.05) is 13.9 Å². The van der Waals surface area contributed by atoms with Crippen LogP contribution >= 0.6 is 0 Å². The molecule has 0 saturated carbocycles. The van der Waals surface area contributed by atoms with Gasteiger partial charge in [-0.25, -0.2) is 0 Å². The first-order valence-electron chi connectivity index (χ1n) is 5.64. The molecule has 3 nitrogen and oxygen atoms in total. The maximum absolute atomic E-state index is 11.8. The van der Waals surface area contributed by atoms with Crippen molar-refractivity contribution in [3.8, 4) is 5.75 Å². The number of unbranched alkanes of at least 4 members (excludes halogenated alkanes) is 1. The van der Waals surface area contributed by atoms with E-state index in [0.717, 1.165) is 12.8 Å². The Bertz CT molecular complexity index is 371. The molecule has 92 valence electrons. The van der Waals surface area contributed by atoms with Crippen LogP contribution in [-0.4, -0.2) is 19.7 Å². The minimum Gasteiger partial charge on any atom is -0.468 e. The maximum Gasteiger partial charge on any atom is 0.188 e. The minimum atomic E-state index is 0.134. The maximum atomic E-state index is 11.8. The Morgan fingerprint density at radius 2 is 2.29 bits per heavy atom. The summed E-state index contributed by atoms with van der Waals surface area (Å²) in [6.45, 7) is 3.82. The summed E-state index contributed by atoms with van der Waals surface area (Å²) < 4.78 is 10.1. The second-order valence-electron chi connectivity index (χ2n) is 3.68. The van der Waals surface area contributed by atoms with Gasteiger partial charge in [-0.15, -0.1) is 6.58 Å². The van der Waals surface area contributed by atoms with Crippen molar-refractivity contribution in [2.24, 2.45) is 0 Å². The minimum absolute atomic E-state index is 0.134. The van der Waals surface area contributed by atoms with Gasteiger partial charge in [-0.05, 0) is 25.0 Å². The van der Waals surface area contributed by atoms with E-state index in [1.54, 1.807) is 25.3 Å². The lowest BCUT2D eigenvalue weighted by Crippen LogP contribution is -2.02. The number of ketones is 1. The average Bonchev–Trinajstić information content (AvgIpc) is 2.37. The van der Waals surface area contributed by atoms with Crippen LogP contribution in [0.4, 0.5) is 0 Å². The van der Waals surface area contributed by atoms with Gasteiger partial charge in [-0.3, -0.25) is 4.79 Å². The molecule has 0 aliphatic heterocycles. The van der Waals surface area contributed by atoms with Crippen LogP contribution in [0.15, 0.2) is 36.9 Å². The third-order valence-corrected chi connectivity index (χ3v) is 2.31. The normalized spacial score (nSPS) is 9.94. The zero-order chi connectivity index (χ0) is 12.5. The van der Waals surface area contributed by atoms with Crippen LogP contribution < -0.4 is 4.74 Å². The van der Waals surface area contributed by atoms with E-state index in [1.165, 1.54) is 0 Å². The first-order valence-corrected chi connectivity index (χ1v) is 5.64. The van der Waals surface area contributed by atoms with E-state index in [1.807, 2.05) is 12.1 Å². The number of ether oxygens (including phenoxy) is 2. The molecule has 1 rings (SSSR count).